The summed E-state index contributed by atoms with van der Waals surface area (Å²) < 4.78 is 43.9. The molecule has 4 nitrogen and oxygen atoms in total. The Morgan fingerprint density at radius 2 is 2.11 bits per heavy atom. The average Bonchev–Trinajstić information content (AvgIpc) is 2.62. The molecule has 0 bridgehead atoms. The van der Waals surface area contributed by atoms with Crippen molar-refractivity contribution in [2.24, 2.45) is 0 Å². The molecule has 0 amide bonds. The number of ether oxygens (including phenoxy) is 1. The van der Waals surface area contributed by atoms with Crippen LogP contribution in [0.4, 0.5) is 13.2 Å². The number of pyridine rings is 1. The van der Waals surface area contributed by atoms with E-state index in [0.717, 1.165) is 16.7 Å². The van der Waals surface area contributed by atoms with Gasteiger partial charge in [0.2, 0.25) is 0 Å². The molecule has 0 aromatic carbocycles. The molecule has 0 unspecified atom stereocenters. The summed E-state index contributed by atoms with van der Waals surface area (Å²) in [5.74, 6) is -0.688. The maximum atomic E-state index is 12.7. The van der Waals surface area contributed by atoms with Crippen LogP contribution in [-0.2, 0) is 10.9 Å². The van der Waals surface area contributed by atoms with Gasteiger partial charge in [-0.1, -0.05) is 0 Å². The number of aromatic nitrogens is 2. The van der Waals surface area contributed by atoms with Crippen molar-refractivity contribution in [2.75, 3.05) is 6.61 Å². The van der Waals surface area contributed by atoms with Crippen LogP contribution in [0.15, 0.2) is 18.3 Å². The maximum absolute atomic E-state index is 12.7. The fourth-order valence-electron chi connectivity index (χ4n) is 1.78. The number of esters is 1. The number of rotatable bonds is 2. The highest BCUT2D eigenvalue weighted by molar-refractivity contribution is 5.90. The number of alkyl halides is 3. The van der Waals surface area contributed by atoms with E-state index in [-0.39, 0.29) is 17.9 Å². The third-order valence-corrected chi connectivity index (χ3v) is 2.59. The van der Waals surface area contributed by atoms with Crippen molar-refractivity contribution in [2.45, 2.75) is 20.0 Å². The molecule has 0 fully saturated rings. The number of fused-ring (bicyclic) bond motifs is 1. The Bertz CT molecular complexity index is 632. The SMILES string of the molecule is CCOC(=O)c1c(C)nc2ccc(C(F)(F)F)cn12. The lowest BCUT2D eigenvalue weighted by molar-refractivity contribution is -0.137. The van der Waals surface area contributed by atoms with Crippen molar-refractivity contribution in [3.05, 3.63) is 35.3 Å². The molecule has 7 heteroatoms. The van der Waals surface area contributed by atoms with Gasteiger partial charge in [0.15, 0.2) is 5.69 Å². The number of carbonyl (C=O) groups excluding carboxylic acids is 1. The van der Waals surface area contributed by atoms with Gasteiger partial charge in [0.25, 0.3) is 0 Å². The monoisotopic (exact) mass is 272 g/mol. The number of halogens is 3. The van der Waals surface area contributed by atoms with Crippen LogP contribution in [0.5, 0.6) is 0 Å². The second-order valence-corrected chi connectivity index (χ2v) is 3.91. The molecule has 2 heterocycles. The van der Waals surface area contributed by atoms with Crippen LogP contribution in [0.25, 0.3) is 5.65 Å². The quantitative estimate of drug-likeness (QED) is 0.789. The Balaban J connectivity index is 2.63. The third-order valence-electron chi connectivity index (χ3n) is 2.59. The predicted octanol–water partition coefficient (Wildman–Crippen LogP) is 2.84. The van der Waals surface area contributed by atoms with Crippen molar-refractivity contribution in [1.29, 1.82) is 0 Å². The highest BCUT2D eigenvalue weighted by Crippen LogP contribution is 2.29. The Labute approximate surface area is 106 Å². The number of aryl methyl sites for hydroxylation is 1. The van der Waals surface area contributed by atoms with Gasteiger partial charge in [0.05, 0.1) is 17.9 Å². The zero-order valence-electron chi connectivity index (χ0n) is 10.3. The molecule has 102 valence electrons. The second-order valence-electron chi connectivity index (χ2n) is 3.91. The maximum Gasteiger partial charge on any atom is 0.417 e. The topological polar surface area (TPSA) is 43.6 Å². The van der Waals surface area contributed by atoms with Crippen LogP contribution in [0.2, 0.25) is 0 Å². The smallest absolute Gasteiger partial charge is 0.417 e. The van der Waals surface area contributed by atoms with E-state index in [2.05, 4.69) is 4.98 Å². The minimum absolute atomic E-state index is 0.0166. The summed E-state index contributed by atoms with van der Waals surface area (Å²) >= 11 is 0. The number of imidazole rings is 1. The summed E-state index contributed by atoms with van der Waals surface area (Å²) in [7, 11) is 0. The first-order chi connectivity index (χ1) is 8.84. The molecule has 0 saturated carbocycles. The van der Waals surface area contributed by atoms with Crippen LogP contribution in [0.1, 0.15) is 28.7 Å². The van der Waals surface area contributed by atoms with Gasteiger partial charge in [-0.05, 0) is 26.0 Å². The molecule has 0 aliphatic rings. The molecular weight excluding hydrogens is 261 g/mol. The third kappa shape index (κ3) is 2.40. The summed E-state index contributed by atoms with van der Waals surface area (Å²) in [4.78, 5) is 15.8. The largest absolute Gasteiger partial charge is 0.461 e. The van der Waals surface area contributed by atoms with Crippen LogP contribution < -0.4 is 0 Å². The highest BCUT2D eigenvalue weighted by Gasteiger charge is 2.31. The van der Waals surface area contributed by atoms with Crippen molar-refractivity contribution >= 4 is 11.6 Å². The fraction of sp³-hybridized carbons (Fsp3) is 0.333. The van der Waals surface area contributed by atoms with E-state index in [4.69, 9.17) is 4.74 Å². The average molecular weight is 272 g/mol. The summed E-state index contributed by atoms with van der Waals surface area (Å²) in [6.07, 6.45) is -3.63. The van der Waals surface area contributed by atoms with Gasteiger partial charge in [-0.3, -0.25) is 4.40 Å². The molecule has 19 heavy (non-hydrogen) atoms. The summed E-state index contributed by atoms with van der Waals surface area (Å²) in [6, 6.07) is 2.15. The number of hydrogen-bond donors (Lipinski definition) is 0. The van der Waals surface area contributed by atoms with E-state index in [0.29, 0.717) is 5.69 Å². The first kappa shape index (κ1) is 13.4. The first-order valence-corrected chi connectivity index (χ1v) is 5.57. The van der Waals surface area contributed by atoms with E-state index in [9.17, 15) is 18.0 Å². The Hall–Kier alpha value is -2.05. The molecule has 0 aliphatic heterocycles. The van der Waals surface area contributed by atoms with Gasteiger partial charge >= 0.3 is 12.1 Å². The van der Waals surface area contributed by atoms with Gasteiger partial charge in [-0.25, -0.2) is 9.78 Å². The van der Waals surface area contributed by atoms with E-state index < -0.39 is 17.7 Å². The van der Waals surface area contributed by atoms with Crippen LogP contribution in [-0.4, -0.2) is 22.0 Å². The molecule has 0 saturated heterocycles. The van der Waals surface area contributed by atoms with Crippen molar-refractivity contribution in [3.8, 4) is 0 Å². The highest BCUT2D eigenvalue weighted by atomic mass is 19.4. The molecule has 0 aliphatic carbocycles. The molecule has 0 spiro atoms. The standard InChI is InChI=1S/C12H11F3N2O2/c1-3-19-11(18)10-7(2)16-9-5-4-8(6-17(9)10)12(13,14)15/h4-6H,3H2,1-2H3. The predicted molar refractivity (Wildman–Crippen MR) is 60.9 cm³/mol. The normalized spacial score (nSPS) is 11.8. The molecule has 0 atom stereocenters. The van der Waals surface area contributed by atoms with Crippen molar-refractivity contribution in [3.63, 3.8) is 0 Å². The number of nitrogens with zero attached hydrogens (tertiary/aromatic N) is 2. The second kappa shape index (κ2) is 4.56. The van der Waals surface area contributed by atoms with E-state index in [1.165, 1.54) is 6.07 Å². The van der Waals surface area contributed by atoms with Crippen LogP contribution >= 0.6 is 0 Å². The van der Waals surface area contributed by atoms with Gasteiger partial charge in [-0.15, -0.1) is 0 Å². The van der Waals surface area contributed by atoms with Crippen LogP contribution in [0, 0.1) is 6.92 Å². The van der Waals surface area contributed by atoms with Gasteiger partial charge in [-0.2, -0.15) is 13.2 Å². The number of hydrogen-bond acceptors (Lipinski definition) is 3. The van der Waals surface area contributed by atoms with Crippen molar-refractivity contribution < 1.29 is 22.7 Å². The molecule has 2 aromatic rings. The van der Waals surface area contributed by atoms with E-state index >= 15 is 0 Å². The zero-order chi connectivity index (χ0) is 14.2. The minimum Gasteiger partial charge on any atom is -0.461 e. The molecule has 2 rings (SSSR count). The molecule has 0 radical (unpaired) electrons. The van der Waals surface area contributed by atoms with Crippen LogP contribution in [0.3, 0.4) is 0 Å². The lowest BCUT2D eigenvalue weighted by Crippen LogP contribution is -2.11. The summed E-state index contributed by atoms with van der Waals surface area (Å²) in [5, 5.41) is 0. The van der Waals surface area contributed by atoms with Gasteiger partial charge in [0, 0.05) is 6.20 Å². The summed E-state index contributed by atoms with van der Waals surface area (Å²) in [6.45, 7) is 3.31. The Morgan fingerprint density at radius 1 is 1.42 bits per heavy atom. The molecule has 2 aromatic heterocycles. The Morgan fingerprint density at radius 3 is 2.68 bits per heavy atom. The van der Waals surface area contributed by atoms with Gasteiger partial charge < -0.3 is 4.74 Å². The summed E-state index contributed by atoms with van der Waals surface area (Å²) in [5.41, 5.74) is -0.225. The van der Waals surface area contributed by atoms with E-state index in [1.807, 2.05) is 0 Å². The number of carbonyl (C=O) groups is 1. The lowest BCUT2D eigenvalue weighted by atomic mass is 10.2. The molecule has 0 N–H and O–H groups in total. The molecular formula is C12H11F3N2O2. The first-order valence-electron chi connectivity index (χ1n) is 5.57. The zero-order valence-corrected chi connectivity index (χ0v) is 10.3. The Kier molecular flexibility index (Phi) is 3.21. The van der Waals surface area contributed by atoms with E-state index in [1.54, 1.807) is 13.8 Å². The minimum atomic E-state index is -4.47. The van der Waals surface area contributed by atoms with Crippen molar-refractivity contribution in [1.82, 2.24) is 9.38 Å². The van der Waals surface area contributed by atoms with Gasteiger partial charge in [0.1, 0.15) is 5.65 Å². The fourth-order valence-corrected chi connectivity index (χ4v) is 1.78. The lowest BCUT2D eigenvalue weighted by Gasteiger charge is -2.08.